The highest BCUT2D eigenvalue weighted by Gasteiger charge is 2.35. The van der Waals surface area contributed by atoms with Crippen LogP contribution in [0.5, 0.6) is 0 Å². The van der Waals surface area contributed by atoms with Crippen molar-refractivity contribution >= 4 is 11.9 Å². The van der Waals surface area contributed by atoms with Crippen LogP contribution in [0.2, 0.25) is 0 Å². The molecule has 0 heterocycles. The van der Waals surface area contributed by atoms with Crippen molar-refractivity contribution < 1.29 is 24.9 Å². The predicted octanol–water partition coefficient (Wildman–Crippen LogP) is 0.125. The first-order chi connectivity index (χ1) is 8.77. The molecule has 1 fully saturated rings. The summed E-state index contributed by atoms with van der Waals surface area (Å²) in [6, 6.07) is -0.216. The fourth-order valence-electron chi connectivity index (χ4n) is 2.27. The van der Waals surface area contributed by atoms with Crippen molar-refractivity contribution in [3.05, 3.63) is 0 Å². The van der Waals surface area contributed by atoms with Crippen molar-refractivity contribution in [3.8, 4) is 0 Å². The molecule has 6 nitrogen and oxygen atoms in total. The summed E-state index contributed by atoms with van der Waals surface area (Å²) < 4.78 is 0. The van der Waals surface area contributed by atoms with Gasteiger partial charge in [-0.05, 0) is 19.3 Å². The molecule has 0 bridgehead atoms. The number of hydrogen-bond acceptors (Lipinski definition) is 4. The van der Waals surface area contributed by atoms with E-state index in [2.05, 4.69) is 5.32 Å². The molecule has 0 unspecified atom stereocenters. The maximum absolute atomic E-state index is 11.9. The molecule has 1 rings (SSSR count). The highest BCUT2D eigenvalue weighted by Crippen LogP contribution is 2.25. The van der Waals surface area contributed by atoms with Crippen LogP contribution < -0.4 is 5.32 Å². The Hall–Kier alpha value is -1.14. The first-order valence-corrected chi connectivity index (χ1v) is 6.60. The van der Waals surface area contributed by atoms with Crippen molar-refractivity contribution in [1.29, 1.82) is 0 Å². The molecule has 1 amide bonds. The molecule has 0 aliphatic heterocycles. The van der Waals surface area contributed by atoms with Crippen molar-refractivity contribution in [1.82, 2.24) is 5.32 Å². The van der Waals surface area contributed by atoms with E-state index >= 15 is 0 Å². The van der Waals surface area contributed by atoms with Gasteiger partial charge in [0.15, 0.2) is 0 Å². The van der Waals surface area contributed by atoms with Gasteiger partial charge in [0, 0.05) is 11.5 Å². The Balaban J connectivity index is 2.55. The second-order valence-electron chi connectivity index (χ2n) is 5.96. The SMILES string of the molecule is CC(C)(CO)[C@H](O)C(=O)N[C@@H]1CCC[C@@H](C(=O)O)C1. The van der Waals surface area contributed by atoms with Gasteiger partial charge >= 0.3 is 5.97 Å². The van der Waals surface area contributed by atoms with E-state index in [0.717, 1.165) is 12.8 Å². The van der Waals surface area contributed by atoms with Crippen molar-refractivity contribution in [2.75, 3.05) is 6.61 Å². The average molecular weight is 273 g/mol. The van der Waals surface area contributed by atoms with Gasteiger partial charge in [0.2, 0.25) is 5.91 Å². The Labute approximate surface area is 112 Å². The quantitative estimate of drug-likeness (QED) is 0.569. The van der Waals surface area contributed by atoms with Gasteiger partial charge < -0.3 is 20.6 Å². The van der Waals surface area contributed by atoms with E-state index in [9.17, 15) is 14.7 Å². The number of aliphatic hydroxyl groups excluding tert-OH is 2. The van der Waals surface area contributed by atoms with Gasteiger partial charge in [0.05, 0.1) is 12.5 Å². The lowest BCUT2D eigenvalue weighted by Crippen LogP contribution is -2.50. The van der Waals surface area contributed by atoms with Gasteiger partial charge in [0.1, 0.15) is 6.10 Å². The largest absolute Gasteiger partial charge is 0.481 e. The third-order valence-corrected chi connectivity index (χ3v) is 3.77. The summed E-state index contributed by atoms with van der Waals surface area (Å²) in [6.45, 7) is 2.89. The second-order valence-corrected chi connectivity index (χ2v) is 5.96. The number of amides is 1. The third kappa shape index (κ3) is 4.18. The minimum Gasteiger partial charge on any atom is -0.481 e. The highest BCUT2D eigenvalue weighted by atomic mass is 16.4. The van der Waals surface area contributed by atoms with Gasteiger partial charge in [-0.15, -0.1) is 0 Å². The Morgan fingerprint density at radius 2 is 2.00 bits per heavy atom. The molecular weight excluding hydrogens is 250 g/mol. The molecule has 6 heteroatoms. The molecule has 1 aliphatic carbocycles. The predicted molar refractivity (Wildman–Crippen MR) is 68.4 cm³/mol. The van der Waals surface area contributed by atoms with E-state index in [-0.39, 0.29) is 12.6 Å². The molecule has 19 heavy (non-hydrogen) atoms. The van der Waals surface area contributed by atoms with Crippen LogP contribution >= 0.6 is 0 Å². The molecule has 0 aromatic heterocycles. The van der Waals surface area contributed by atoms with Crippen LogP contribution in [0.4, 0.5) is 0 Å². The maximum Gasteiger partial charge on any atom is 0.306 e. The highest BCUT2D eigenvalue weighted by molar-refractivity contribution is 5.81. The molecule has 0 aromatic carbocycles. The summed E-state index contributed by atoms with van der Waals surface area (Å²) in [5.41, 5.74) is -0.912. The van der Waals surface area contributed by atoms with Crippen molar-refractivity contribution in [2.24, 2.45) is 11.3 Å². The van der Waals surface area contributed by atoms with Gasteiger partial charge in [0.25, 0.3) is 0 Å². The molecule has 0 aromatic rings. The normalized spacial score (nSPS) is 25.7. The summed E-state index contributed by atoms with van der Waals surface area (Å²) in [4.78, 5) is 22.8. The summed E-state index contributed by atoms with van der Waals surface area (Å²) in [5, 5.41) is 30.6. The second kappa shape index (κ2) is 6.34. The van der Waals surface area contributed by atoms with Crippen LogP contribution in [-0.4, -0.2) is 45.9 Å². The van der Waals surface area contributed by atoms with Crippen LogP contribution in [0.15, 0.2) is 0 Å². The van der Waals surface area contributed by atoms with Crippen LogP contribution in [0.1, 0.15) is 39.5 Å². The van der Waals surface area contributed by atoms with E-state index in [1.54, 1.807) is 13.8 Å². The minimum atomic E-state index is -1.30. The lowest BCUT2D eigenvalue weighted by Gasteiger charge is -2.31. The topological polar surface area (TPSA) is 107 Å². The monoisotopic (exact) mass is 273 g/mol. The smallest absolute Gasteiger partial charge is 0.306 e. The number of aliphatic hydroxyl groups is 2. The Morgan fingerprint density at radius 1 is 1.37 bits per heavy atom. The van der Waals surface area contributed by atoms with Crippen molar-refractivity contribution in [3.63, 3.8) is 0 Å². The van der Waals surface area contributed by atoms with Gasteiger partial charge in [-0.3, -0.25) is 9.59 Å². The van der Waals surface area contributed by atoms with E-state index in [1.165, 1.54) is 0 Å². The zero-order chi connectivity index (χ0) is 14.6. The van der Waals surface area contributed by atoms with Crippen LogP contribution in [0.3, 0.4) is 0 Å². The zero-order valence-electron chi connectivity index (χ0n) is 11.4. The number of hydrogen-bond donors (Lipinski definition) is 4. The maximum atomic E-state index is 11.9. The van der Waals surface area contributed by atoms with Crippen LogP contribution in [0.25, 0.3) is 0 Å². The van der Waals surface area contributed by atoms with Crippen LogP contribution in [0, 0.1) is 11.3 Å². The number of carboxylic acid groups (broad SMARTS) is 1. The Bertz CT molecular complexity index is 342. The molecule has 110 valence electrons. The van der Waals surface area contributed by atoms with Crippen molar-refractivity contribution in [2.45, 2.75) is 51.7 Å². The zero-order valence-corrected chi connectivity index (χ0v) is 11.4. The van der Waals surface area contributed by atoms with Gasteiger partial charge in [-0.25, -0.2) is 0 Å². The number of carbonyl (C=O) groups is 2. The Morgan fingerprint density at radius 3 is 2.53 bits per heavy atom. The summed E-state index contributed by atoms with van der Waals surface area (Å²) in [5.74, 6) is -1.81. The third-order valence-electron chi connectivity index (χ3n) is 3.77. The first-order valence-electron chi connectivity index (χ1n) is 6.60. The van der Waals surface area contributed by atoms with E-state index in [4.69, 9.17) is 10.2 Å². The lowest BCUT2D eigenvalue weighted by molar-refractivity contribution is -0.144. The number of carbonyl (C=O) groups excluding carboxylic acids is 1. The molecule has 0 radical (unpaired) electrons. The van der Waals surface area contributed by atoms with E-state index in [0.29, 0.717) is 12.8 Å². The van der Waals surface area contributed by atoms with Gasteiger partial charge in [-0.1, -0.05) is 20.3 Å². The molecule has 0 spiro atoms. The molecule has 0 saturated heterocycles. The first kappa shape index (κ1) is 15.9. The van der Waals surface area contributed by atoms with E-state index in [1.807, 2.05) is 0 Å². The summed E-state index contributed by atoms with van der Waals surface area (Å²) >= 11 is 0. The van der Waals surface area contributed by atoms with E-state index < -0.39 is 29.3 Å². The number of rotatable bonds is 5. The lowest BCUT2D eigenvalue weighted by atomic mass is 9.84. The minimum absolute atomic E-state index is 0.216. The molecule has 1 saturated carbocycles. The standard InChI is InChI=1S/C13H23NO5/c1-13(2,7-15)10(16)11(17)14-9-5-3-4-8(6-9)12(18)19/h8-10,15-16H,3-7H2,1-2H3,(H,14,17)(H,18,19)/t8-,9-,10-/m1/s1. The Kier molecular flexibility index (Phi) is 5.31. The molecule has 3 atom stereocenters. The average Bonchev–Trinajstić information content (AvgIpc) is 2.38. The molecule has 1 aliphatic rings. The summed E-state index contributed by atoms with van der Waals surface area (Å²) in [7, 11) is 0. The summed E-state index contributed by atoms with van der Waals surface area (Å²) in [6.07, 6.45) is 1.20. The fraction of sp³-hybridized carbons (Fsp3) is 0.846. The molecule has 4 N–H and O–H groups in total. The van der Waals surface area contributed by atoms with Crippen LogP contribution in [-0.2, 0) is 9.59 Å². The number of carboxylic acids is 1. The number of aliphatic carboxylic acids is 1. The number of nitrogens with one attached hydrogen (secondary N) is 1. The van der Waals surface area contributed by atoms with Gasteiger partial charge in [-0.2, -0.15) is 0 Å². The molecular formula is C13H23NO5. The fourth-order valence-corrected chi connectivity index (χ4v) is 2.27.